The topological polar surface area (TPSA) is 51.1 Å². The van der Waals surface area contributed by atoms with Gasteiger partial charge in [0.05, 0.1) is 11.1 Å². The van der Waals surface area contributed by atoms with Crippen molar-refractivity contribution in [3.05, 3.63) is 58.2 Å². The van der Waals surface area contributed by atoms with E-state index >= 15 is 0 Å². The fraction of sp³-hybridized carbons (Fsp3) is 0.158. The molecule has 4 rings (SSSR count). The van der Waals surface area contributed by atoms with Crippen molar-refractivity contribution in [2.75, 3.05) is 0 Å². The molecule has 1 N–H and O–H groups in total. The van der Waals surface area contributed by atoms with Gasteiger partial charge in [-0.25, -0.2) is 0 Å². The minimum absolute atomic E-state index is 0. The van der Waals surface area contributed by atoms with Gasteiger partial charge in [0.1, 0.15) is 0 Å². The molecule has 1 aliphatic heterocycles. The average Bonchev–Trinajstić information content (AvgIpc) is 3.04. The molecule has 2 heterocycles. The molecule has 1 aliphatic rings. The number of aromatic nitrogens is 1. The van der Waals surface area contributed by atoms with Gasteiger partial charge in [0.2, 0.25) is 0 Å². The van der Waals surface area contributed by atoms with Crippen molar-refractivity contribution in [1.29, 1.82) is 0 Å². The Labute approximate surface area is 145 Å². The first-order valence-electron chi connectivity index (χ1n) is 7.78. The molecule has 4 nitrogen and oxygen atoms in total. The van der Waals surface area contributed by atoms with E-state index in [1.807, 2.05) is 49.0 Å². The SMILES string of the molecule is CCc1cn(C)c2cc(-c3ccccc3Cl)c3c(c12)C(=O)NC3=O.[HH]. The number of hydrogen-bond acceptors (Lipinski definition) is 2. The number of imide groups is 1. The second-order valence-electron chi connectivity index (χ2n) is 5.95. The highest BCUT2D eigenvalue weighted by molar-refractivity contribution is 6.35. The molecule has 0 fully saturated rings. The monoisotopic (exact) mass is 340 g/mol. The summed E-state index contributed by atoms with van der Waals surface area (Å²) in [4.78, 5) is 24.9. The molecule has 0 radical (unpaired) electrons. The standard InChI is InChI=1S/C19H15ClN2O2.H2/c1-3-10-9-22(2)14-8-12(11-6-4-5-7-13(11)20)16-17(15(10)14)19(24)21-18(16)23;/h4-9H,3H2,1-2H3,(H,21,23,24);1H. The number of rotatable bonds is 2. The van der Waals surface area contributed by atoms with Crippen LogP contribution in [0.1, 0.15) is 34.6 Å². The summed E-state index contributed by atoms with van der Waals surface area (Å²) in [5.41, 5.74) is 4.30. The van der Waals surface area contributed by atoms with Crippen LogP contribution in [0.25, 0.3) is 22.0 Å². The normalized spacial score (nSPS) is 13.5. The Morgan fingerprint density at radius 1 is 1.12 bits per heavy atom. The lowest BCUT2D eigenvalue weighted by Gasteiger charge is -2.11. The predicted octanol–water partition coefficient (Wildman–Crippen LogP) is 4.19. The molecular weight excluding hydrogens is 324 g/mol. The van der Waals surface area contributed by atoms with Crippen molar-refractivity contribution in [3.63, 3.8) is 0 Å². The first kappa shape index (κ1) is 15.0. The molecule has 0 atom stereocenters. The second-order valence-corrected chi connectivity index (χ2v) is 6.36. The summed E-state index contributed by atoms with van der Waals surface area (Å²) in [5, 5.41) is 3.84. The smallest absolute Gasteiger partial charge is 0.259 e. The molecule has 0 unspecified atom stereocenters. The zero-order valence-electron chi connectivity index (χ0n) is 13.3. The minimum atomic E-state index is -0.363. The van der Waals surface area contributed by atoms with E-state index in [0.717, 1.165) is 28.5 Å². The van der Waals surface area contributed by atoms with Gasteiger partial charge in [-0.3, -0.25) is 14.9 Å². The number of amides is 2. The Balaban J connectivity index is 0.00000182. The van der Waals surface area contributed by atoms with Gasteiger partial charge >= 0.3 is 0 Å². The first-order valence-corrected chi connectivity index (χ1v) is 8.16. The molecule has 24 heavy (non-hydrogen) atoms. The highest BCUT2D eigenvalue weighted by Crippen LogP contribution is 2.39. The summed E-state index contributed by atoms with van der Waals surface area (Å²) in [6.45, 7) is 2.04. The van der Waals surface area contributed by atoms with Gasteiger partial charge in [-0.05, 0) is 29.7 Å². The molecule has 0 spiro atoms. The lowest BCUT2D eigenvalue weighted by molar-refractivity contribution is 0.0880. The number of aryl methyl sites for hydroxylation is 2. The van der Waals surface area contributed by atoms with Gasteiger partial charge in [0.15, 0.2) is 0 Å². The molecule has 2 amide bonds. The van der Waals surface area contributed by atoms with Gasteiger partial charge in [-0.2, -0.15) is 0 Å². The van der Waals surface area contributed by atoms with Gasteiger partial charge in [0, 0.05) is 36.2 Å². The number of hydrogen-bond donors (Lipinski definition) is 1. The van der Waals surface area contributed by atoms with Crippen LogP contribution >= 0.6 is 11.6 Å². The van der Waals surface area contributed by atoms with Crippen molar-refractivity contribution in [3.8, 4) is 11.1 Å². The van der Waals surface area contributed by atoms with Crippen LogP contribution in [0.15, 0.2) is 36.5 Å². The highest BCUT2D eigenvalue weighted by atomic mass is 35.5. The van der Waals surface area contributed by atoms with Crippen molar-refractivity contribution in [2.24, 2.45) is 7.05 Å². The van der Waals surface area contributed by atoms with Crippen LogP contribution in [0.5, 0.6) is 0 Å². The Morgan fingerprint density at radius 2 is 1.83 bits per heavy atom. The summed E-state index contributed by atoms with van der Waals surface area (Å²) >= 11 is 6.34. The maximum Gasteiger partial charge on any atom is 0.259 e. The summed E-state index contributed by atoms with van der Waals surface area (Å²) in [6.07, 6.45) is 2.80. The summed E-state index contributed by atoms with van der Waals surface area (Å²) in [6, 6.07) is 9.31. The third-order valence-electron chi connectivity index (χ3n) is 4.58. The Morgan fingerprint density at radius 3 is 2.54 bits per heavy atom. The number of fused-ring (bicyclic) bond motifs is 3. The molecule has 0 bridgehead atoms. The van der Waals surface area contributed by atoms with E-state index in [0.29, 0.717) is 21.7 Å². The fourth-order valence-corrected chi connectivity index (χ4v) is 3.73. The van der Waals surface area contributed by atoms with Crippen molar-refractivity contribution < 1.29 is 11.0 Å². The van der Waals surface area contributed by atoms with E-state index in [9.17, 15) is 9.59 Å². The fourth-order valence-electron chi connectivity index (χ4n) is 3.49. The van der Waals surface area contributed by atoms with Crippen molar-refractivity contribution in [1.82, 2.24) is 9.88 Å². The molecular formula is C19H17ClN2O2. The molecule has 122 valence electrons. The third-order valence-corrected chi connectivity index (χ3v) is 4.91. The zero-order chi connectivity index (χ0) is 17.0. The van der Waals surface area contributed by atoms with E-state index in [2.05, 4.69) is 5.32 Å². The third kappa shape index (κ3) is 1.93. The van der Waals surface area contributed by atoms with Crippen molar-refractivity contribution >= 4 is 34.3 Å². The summed E-state index contributed by atoms with van der Waals surface area (Å²) in [7, 11) is 1.94. The van der Waals surface area contributed by atoms with Crippen LogP contribution in [0.4, 0.5) is 0 Å². The lowest BCUT2D eigenvalue weighted by atomic mass is 9.92. The Hall–Kier alpha value is -2.59. The average molecular weight is 341 g/mol. The van der Waals surface area contributed by atoms with E-state index in [1.54, 1.807) is 6.07 Å². The molecule has 3 aromatic rings. The van der Waals surface area contributed by atoms with E-state index in [4.69, 9.17) is 11.6 Å². The summed E-state index contributed by atoms with van der Waals surface area (Å²) in [5.74, 6) is -0.701. The molecule has 5 heteroatoms. The van der Waals surface area contributed by atoms with Gasteiger partial charge in [-0.1, -0.05) is 36.7 Å². The molecule has 2 aromatic carbocycles. The Kier molecular flexibility index (Phi) is 3.25. The molecule has 0 aliphatic carbocycles. The zero-order valence-corrected chi connectivity index (χ0v) is 14.1. The number of nitrogens with zero attached hydrogens (tertiary/aromatic N) is 1. The lowest BCUT2D eigenvalue weighted by Crippen LogP contribution is -2.20. The molecule has 0 saturated carbocycles. The van der Waals surface area contributed by atoms with E-state index in [-0.39, 0.29) is 13.2 Å². The maximum absolute atomic E-state index is 12.5. The van der Waals surface area contributed by atoms with Crippen LogP contribution in [-0.2, 0) is 13.5 Å². The van der Waals surface area contributed by atoms with Gasteiger partial charge in [0.25, 0.3) is 11.8 Å². The molecule has 0 saturated heterocycles. The Bertz CT molecular complexity index is 1040. The van der Waals surface area contributed by atoms with Gasteiger partial charge < -0.3 is 4.57 Å². The van der Waals surface area contributed by atoms with Crippen LogP contribution < -0.4 is 5.32 Å². The number of halogens is 1. The van der Waals surface area contributed by atoms with E-state index in [1.165, 1.54) is 0 Å². The van der Waals surface area contributed by atoms with Gasteiger partial charge in [-0.15, -0.1) is 0 Å². The summed E-state index contributed by atoms with van der Waals surface area (Å²) < 4.78 is 1.99. The predicted molar refractivity (Wildman–Crippen MR) is 96.7 cm³/mol. The van der Waals surface area contributed by atoms with Crippen LogP contribution in [0.2, 0.25) is 5.02 Å². The maximum atomic E-state index is 12.5. The van der Waals surface area contributed by atoms with E-state index < -0.39 is 0 Å². The van der Waals surface area contributed by atoms with Crippen LogP contribution in [-0.4, -0.2) is 16.4 Å². The highest BCUT2D eigenvalue weighted by Gasteiger charge is 2.34. The number of carbonyl (C=O) groups excluding carboxylic acids is 2. The number of benzene rings is 2. The van der Waals surface area contributed by atoms with Crippen LogP contribution in [0, 0.1) is 0 Å². The number of nitrogens with one attached hydrogen (secondary N) is 1. The number of carbonyl (C=O) groups is 2. The quantitative estimate of drug-likeness (QED) is 0.711. The minimum Gasteiger partial charge on any atom is -0.350 e. The first-order chi connectivity index (χ1) is 11.5. The largest absolute Gasteiger partial charge is 0.350 e. The van der Waals surface area contributed by atoms with Crippen molar-refractivity contribution in [2.45, 2.75) is 13.3 Å². The van der Waals surface area contributed by atoms with Crippen LogP contribution in [0.3, 0.4) is 0 Å². The molecule has 1 aromatic heterocycles. The second kappa shape index (κ2) is 5.21.